The molecule has 2 atom stereocenters. The third-order valence-corrected chi connectivity index (χ3v) is 4.22. The van der Waals surface area contributed by atoms with Crippen LogP contribution in [0.2, 0.25) is 10.0 Å². The van der Waals surface area contributed by atoms with Gasteiger partial charge in [0.1, 0.15) is 0 Å². The fourth-order valence-electron chi connectivity index (χ4n) is 2.41. The van der Waals surface area contributed by atoms with Crippen LogP contribution in [-0.4, -0.2) is 30.1 Å². The first-order valence-electron chi connectivity index (χ1n) is 6.74. The Kier molecular flexibility index (Phi) is 5.13. The summed E-state index contributed by atoms with van der Waals surface area (Å²) in [5, 5.41) is 3.82. The molecule has 2 unspecified atom stereocenters. The van der Waals surface area contributed by atoms with Crippen LogP contribution in [0.15, 0.2) is 18.2 Å². The number of nitrogens with two attached hydrogens (primary N) is 1. The predicted molar refractivity (Wildman–Crippen MR) is 83.4 cm³/mol. The molecule has 1 aliphatic heterocycles. The van der Waals surface area contributed by atoms with E-state index in [9.17, 15) is 4.79 Å². The van der Waals surface area contributed by atoms with Gasteiger partial charge < -0.3 is 16.0 Å². The van der Waals surface area contributed by atoms with Gasteiger partial charge in [0.25, 0.3) is 0 Å². The Morgan fingerprint density at radius 1 is 1.50 bits per heavy atom. The fourth-order valence-corrected chi connectivity index (χ4v) is 2.75. The third-order valence-electron chi connectivity index (χ3n) is 3.66. The number of likely N-dealkylation sites (tertiary alicyclic amines) is 1. The van der Waals surface area contributed by atoms with Gasteiger partial charge in [-0.25, -0.2) is 4.79 Å². The number of piperidine rings is 1. The second kappa shape index (κ2) is 6.66. The molecule has 1 saturated heterocycles. The van der Waals surface area contributed by atoms with Gasteiger partial charge >= 0.3 is 6.03 Å². The van der Waals surface area contributed by atoms with Crippen molar-refractivity contribution >= 4 is 34.9 Å². The van der Waals surface area contributed by atoms with Crippen LogP contribution in [0, 0.1) is 5.92 Å². The average molecular weight is 316 g/mol. The van der Waals surface area contributed by atoms with E-state index in [-0.39, 0.29) is 12.1 Å². The molecule has 0 aliphatic carbocycles. The number of anilines is 1. The highest BCUT2D eigenvalue weighted by molar-refractivity contribution is 6.35. The monoisotopic (exact) mass is 315 g/mol. The number of nitrogens with one attached hydrogen (secondary N) is 1. The van der Waals surface area contributed by atoms with E-state index in [1.54, 1.807) is 23.1 Å². The zero-order valence-corrected chi connectivity index (χ0v) is 12.9. The van der Waals surface area contributed by atoms with Crippen LogP contribution >= 0.6 is 23.2 Å². The smallest absolute Gasteiger partial charge is 0.321 e. The molecule has 0 bridgehead atoms. The van der Waals surface area contributed by atoms with Crippen LogP contribution in [-0.2, 0) is 0 Å². The minimum atomic E-state index is -0.153. The van der Waals surface area contributed by atoms with Crippen molar-refractivity contribution in [1.82, 2.24) is 4.90 Å². The van der Waals surface area contributed by atoms with Crippen molar-refractivity contribution in [3.8, 4) is 0 Å². The van der Waals surface area contributed by atoms with E-state index in [2.05, 4.69) is 5.32 Å². The molecule has 1 fully saturated rings. The Labute approximate surface area is 129 Å². The van der Waals surface area contributed by atoms with Crippen LogP contribution in [0.1, 0.15) is 19.8 Å². The summed E-state index contributed by atoms with van der Waals surface area (Å²) in [5.41, 5.74) is 6.46. The minimum absolute atomic E-state index is 0.0976. The molecule has 2 rings (SSSR count). The number of amides is 2. The molecule has 20 heavy (non-hydrogen) atoms. The van der Waals surface area contributed by atoms with Crippen molar-refractivity contribution in [3.05, 3.63) is 28.2 Å². The quantitative estimate of drug-likeness (QED) is 0.876. The van der Waals surface area contributed by atoms with E-state index in [1.807, 2.05) is 6.92 Å². The molecule has 3 N–H and O–H groups in total. The van der Waals surface area contributed by atoms with E-state index in [1.165, 1.54) is 0 Å². The Balaban J connectivity index is 2.02. The lowest BCUT2D eigenvalue weighted by Gasteiger charge is -2.34. The van der Waals surface area contributed by atoms with Crippen LogP contribution < -0.4 is 11.1 Å². The Hall–Kier alpha value is -0.970. The predicted octanol–water partition coefficient (Wildman–Crippen LogP) is 3.58. The minimum Gasteiger partial charge on any atom is -0.328 e. The van der Waals surface area contributed by atoms with Gasteiger partial charge in [-0.1, -0.05) is 23.2 Å². The van der Waals surface area contributed by atoms with E-state index in [0.717, 1.165) is 19.4 Å². The van der Waals surface area contributed by atoms with Gasteiger partial charge in [-0.05, 0) is 43.9 Å². The fraction of sp³-hybridized carbons (Fsp3) is 0.500. The summed E-state index contributed by atoms with van der Waals surface area (Å²) in [7, 11) is 0. The lowest BCUT2D eigenvalue weighted by Crippen LogP contribution is -2.46. The number of urea groups is 1. The maximum atomic E-state index is 12.3. The largest absolute Gasteiger partial charge is 0.328 e. The Bertz CT molecular complexity index is 493. The first-order valence-corrected chi connectivity index (χ1v) is 7.49. The van der Waals surface area contributed by atoms with E-state index < -0.39 is 0 Å². The van der Waals surface area contributed by atoms with Crippen molar-refractivity contribution in [1.29, 1.82) is 0 Å². The van der Waals surface area contributed by atoms with Gasteiger partial charge in [-0.3, -0.25) is 0 Å². The van der Waals surface area contributed by atoms with Gasteiger partial charge in [0, 0.05) is 24.2 Å². The summed E-state index contributed by atoms with van der Waals surface area (Å²) < 4.78 is 0. The number of halogens is 2. The standard InChI is InChI=1S/C14H19Cl2N3O/c1-9(17)10-3-2-6-19(8-10)14(20)18-13-7-11(15)4-5-12(13)16/h4-5,7,9-10H,2-3,6,8,17H2,1H3,(H,18,20). The lowest BCUT2D eigenvalue weighted by atomic mass is 9.92. The number of hydrogen-bond donors (Lipinski definition) is 2. The number of hydrogen-bond acceptors (Lipinski definition) is 2. The summed E-state index contributed by atoms with van der Waals surface area (Å²) in [5.74, 6) is 0.351. The van der Waals surface area contributed by atoms with Gasteiger partial charge in [-0.15, -0.1) is 0 Å². The molecular formula is C14H19Cl2N3O. The highest BCUT2D eigenvalue weighted by Gasteiger charge is 2.26. The van der Waals surface area contributed by atoms with Crippen molar-refractivity contribution in [3.63, 3.8) is 0 Å². The zero-order valence-electron chi connectivity index (χ0n) is 11.4. The molecular weight excluding hydrogens is 297 g/mol. The highest BCUT2D eigenvalue weighted by atomic mass is 35.5. The molecule has 6 heteroatoms. The van der Waals surface area contributed by atoms with Crippen molar-refractivity contribution in [2.45, 2.75) is 25.8 Å². The summed E-state index contributed by atoms with van der Waals surface area (Å²) >= 11 is 12.0. The number of carbonyl (C=O) groups excluding carboxylic acids is 1. The number of benzene rings is 1. The lowest BCUT2D eigenvalue weighted by molar-refractivity contribution is 0.169. The molecule has 1 aromatic carbocycles. The molecule has 1 heterocycles. The van der Waals surface area contributed by atoms with Crippen LogP contribution in [0.3, 0.4) is 0 Å². The van der Waals surface area contributed by atoms with Crippen molar-refractivity contribution < 1.29 is 4.79 Å². The maximum Gasteiger partial charge on any atom is 0.321 e. The van der Waals surface area contributed by atoms with Crippen LogP contribution in [0.4, 0.5) is 10.5 Å². The van der Waals surface area contributed by atoms with Crippen LogP contribution in [0.25, 0.3) is 0 Å². The molecule has 4 nitrogen and oxygen atoms in total. The summed E-state index contributed by atoms with van der Waals surface area (Å²) in [4.78, 5) is 14.1. The number of nitrogens with zero attached hydrogens (tertiary/aromatic N) is 1. The molecule has 110 valence electrons. The Morgan fingerprint density at radius 2 is 2.25 bits per heavy atom. The second-order valence-electron chi connectivity index (χ2n) is 5.26. The average Bonchev–Trinajstić information content (AvgIpc) is 2.43. The summed E-state index contributed by atoms with van der Waals surface area (Å²) in [6.45, 7) is 3.41. The van der Waals surface area contributed by atoms with Gasteiger partial charge in [-0.2, -0.15) is 0 Å². The zero-order chi connectivity index (χ0) is 14.7. The molecule has 0 radical (unpaired) electrons. The summed E-state index contributed by atoms with van der Waals surface area (Å²) in [6, 6.07) is 4.95. The number of rotatable bonds is 2. The summed E-state index contributed by atoms with van der Waals surface area (Å²) in [6.07, 6.45) is 2.04. The van der Waals surface area contributed by atoms with Gasteiger partial charge in [0.15, 0.2) is 0 Å². The van der Waals surface area contributed by atoms with Crippen molar-refractivity contribution in [2.24, 2.45) is 11.7 Å². The first kappa shape index (κ1) is 15.4. The topological polar surface area (TPSA) is 58.4 Å². The normalized spacial score (nSPS) is 20.6. The third kappa shape index (κ3) is 3.78. The SMILES string of the molecule is CC(N)C1CCCN(C(=O)Nc2cc(Cl)ccc2Cl)C1. The second-order valence-corrected chi connectivity index (χ2v) is 6.11. The van der Waals surface area contributed by atoms with Gasteiger partial charge in [0.05, 0.1) is 10.7 Å². The molecule has 0 aromatic heterocycles. The van der Waals surface area contributed by atoms with Crippen molar-refractivity contribution in [2.75, 3.05) is 18.4 Å². The van der Waals surface area contributed by atoms with Crippen LogP contribution in [0.5, 0.6) is 0 Å². The molecule has 2 amide bonds. The van der Waals surface area contributed by atoms with Gasteiger partial charge in [0.2, 0.25) is 0 Å². The molecule has 1 aliphatic rings. The molecule has 0 saturated carbocycles. The first-order chi connectivity index (χ1) is 9.47. The van der Waals surface area contributed by atoms with E-state index >= 15 is 0 Å². The molecule has 0 spiro atoms. The highest BCUT2D eigenvalue weighted by Crippen LogP contribution is 2.26. The van der Waals surface area contributed by atoms with E-state index in [0.29, 0.717) is 28.2 Å². The van der Waals surface area contributed by atoms with E-state index in [4.69, 9.17) is 28.9 Å². The molecule has 1 aromatic rings. The maximum absolute atomic E-state index is 12.3. The number of carbonyl (C=O) groups is 1. The Morgan fingerprint density at radius 3 is 2.95 bits per heavy atom.